The minimum atomic E-state index is -0.179. The summed E-state index contributed by atoms with van der Waals surface area (Å²) in [5.74, 6) is 1.03. The summed E-state index contributed by atoms with van der Waals surface area (Å²) in [5.41, 5.74) is 3.04. The molecule has 0 aromatic heterocycles. The van der Waals surface area contributed by atoms with Crippen molar-refractivity contribution in [2.75, 3.05) is 23.1 Å². The highest BCUT2D eigenvalue weighted by Gasteiger charge is 2.34. The molecule has 3 aromatic carbocycles. The number of hydrogen-bond acceptors (Lipinski definition) is 4. The van der Waals surface area contributed by atoms with Crippen molar-refractivity contribution in [2.45, 2.75) is 5.37 Å². The first-order valence-electron chi connectivity index (χ1n) is 9.30. The molecule has 2 amide bonds. The molecule has 4 rings (SSSR count). The number of benzene rings is 3. The van der Waals surface area contributed by atoms with Crippen molar-refractivity contribution in [1.29, 1.82) is 0 Å². The second-order valence-electron chi connectivity index (χ2n) is 6.71. The van der Waals surface area contributed by atoms with Gasteiger partial charge >= 0.3 is 0 Å². The molecule has 152 valence electrons. The van der Waals surface area contributed by atoms with E-state index in [9.17, 15) is 9.59 Å². The van der Waals surface area contributed by atoms with Crippen LogP contribution in [0.4, 0.5) is 11.4 Å². The minimum Gasteiger partial charge on any atom is -0.497 e. The quantitative estimate of drug-likeness (QED) is 0.522. The van der Waals surface area contributed by atoms with E-state index in [-0.39, 0.29) is 17.2 Å². The fourth-order valence-electron chi connectivity index (χ4n) is 3.27. The number of carbonyl (C=O) groups excluding carboxylic acids is 2. The molecule has 30 heavy (non-hydrogen) atoms. The van der Waals surface area contributed by atoms with Crippen molar-refractivity contribution in [1.82, 2.24) is 0 Å². The number of methoxy groups -OCH3 is 1. The van der Waals surface area contributed by atoms with E-state index >= 15 is 0 Å². The Morgan fingerprint density at radius 3 is 2.53 bits per heavy atom. The molecule has 0 saturated carbocycles. The van der Waals surface area contributed by atoms with Crippen LogP contribution in [0.5, 0.6) is 5.75 Å². The normalized spacial score (nSPS) is 15.9. The van der Waals surface area contributed by atoms with E-state index < -0.39 is 0 Å². The van der Waals surface area contributed by atoms with E-state index in [0.29, 0.717) is 17.0 Å². The third kappa shape index (κ3) is 4.37. The lowest BCUT2D eigenvalue weighted by Gasteiger charge is -2.25. The molecule has 1 aliphatic rings. The third-order valence-corrected chi connectivity index (χ3v) is 6.50. The monoisotopic (exact) mass is 482 g/mol. The Kier molecular flexibility index (Phi) is 6.11. The van der Waals surface area contributed by atoms with Gasteiger partial charge in [0, 0.05) is 21.4 Å². The lowest BCUT2D eigenvalue weighted by Crippen LogP contribution is -2.27. The molecule has 0 bridgehead atoms. The van der Waals surface area contributed by atoms with Crippen LogP contribution >= 0.6 is 27.7 Å². The second kappa shape index (κ2) is 8.93. The molecular weight excluding hydrogens is 464 g/mol. The van der Waals surface area contributed by atoms with E-state index in [4.69, 9.17) is 4.74 Å². The van der Waals surface area contributed by atoms with Gasteiger partial charge in [0.05, 0.1) is 12.9 Å². The van der Waals surface area contributed by atoms with Gasteiger partial charge in [0.25, 0.3) is 5.91 Å². The zero-order valence-electron chi connectivity index (χ0n) is 16.2. The molecule has 0 unspecified atom stereocenters. The number of halogens is 1. The molecule has 0 spiro atoms. The van der Waals surface area contributed by atoms with Gasteiger partial charge in [-0.1, -0.05) is 28.1 Å². The number of ether oxygens (including phenoxy) is 1. The number of anilines is 2. The first kappa shape index (κ1) is 20.5. The Balaban J connectivity index is 1.56. The highest BCUT2D eigenvalue weighted by molar-refractivity contribution is 9.10. The first-order chi connectivity index (χ1) is 14.5. The summed E-state index contributed by atoms with van der Waals surface area (Å²) in [5, 5.41) is 2.78. The van der Waals surface area contributed by atoms with Crippen LogP contribution in [0, 0.1) is 0 Å². The highest BCUT2D eigenvalue weighted by atomic mass is 79.9. The summed E-state index contributed by atoms with van der Waals surface area (Å²) in [6, 6.07) is 22.3. The first-order valence-corrected chi connectivity index (χ1v) is 11.1. The zero-order valence-corrected chi connectivity index (χ0v) is 18.6. The molecule has 1 N–H and O–H groups in total. The minimum absolute atomic E-state index is 0.0551. The Morgan fingerprint density at radius 1 is 1.10 bits per heavy atom. The maximum Gasteiger partial charge on any atom is 0.255 e. The number of rotatable bonds is 5. The van der Waals surface area contributed by atoms with Crippen LogP contribution in [0.3, 0.4) is 0 Å². The fraction of sp³-hybridized carbons (Fsp3) is 0.130. The van der Waals surface area contributed by atoms with Crippen molar-refractivity contribution in [3.8, 4) is 5.75 Å². The molecule has 1 aliphatic heterocycles. The molecule has 1 saturated heterocycles. The summed E-state index contributed by atoms with van der Waals surface area (Å²) < 4.78 is 6.13. The lowest BCUT2D eigenvalue weighted by atomic mass is 10.1. The predicted molar refractivity (Wildman–Crippen MR) is 124 cm³/mol. The number of hydrogen-bond donors (Lipinski definition) is 1. The molecule has 7 heteroatoms. The van der Waals surface area contributed by atoms with Crippen LogP contribution in [0.2, 0.25) is 0 Å². The van der Waals surface area contributed by atoms with Crippen molar-refractivity contribution in [2.24, 2.45) is 0 Å². The predicted octanol–water partition coefficient (Wildman–Crippen LogP) is 5.49. The summed E-state index contributed by atoms with van der Waals surface area (Å²) in [6.45, 7) is 0. The Morgan fingerprint density at radius 2 is 1.83 bits per heavy atom. The van der Waals surface area contributed by atoms with Crippen molar-refractivity contribution >= 4 is 50.9 Å². The van der Waals surface area contributed by atoms with Gasteiger partial charge in [0.15, 0.2) is 0 Å². The number of nitrogens with zero attached hydrogens (tertiary/aromatic N) is 1. The SMILES string of the molecule is COc1ccc(N2C(=O)CS[C@H]2c2cccc(NC(=O)c3ccc(Br)cc3)c2)cc1. The van der Waals surface area contributed by atoms with E-state index in [1.54, 1.807) is 35.9 Å². The third-order valence-electron chi connectivity index (χ3n) is 4.75. The smallest absolute Gasteiger partial charge is 0.255 e. The van der Waals surface area contributed by atoms with Gasteiger partial charge in [-0.05, 0) is 66.2 Å². The molecule has 1 fully saturated rings. The van der Waals surface area contributed by atoms with Gasteiger partial charge in [-0.25, -0.2) is 0 Å². The summed E-state index contributed by atoms with van der Waals surface area (Å²) in [7, 11) is 1.61. The molecule has 0 aliphatic carbocycles. The fourth-order valence-corrected chi connectivity index (χ4v) is 4.70. The molecule has 3 aromatic rings. The topological polar surface area (TPSA) is 58.6 Å². The van der Waals surface area contributed by atoms with Crippen LogP contribution in [0.25, 0.3) is 0 Å². The molecular formula is C23H19BrN2O3S. The standard InChI is InChI=1S/C23H19BrN2O3S/c1-29-20-11-9-19(10-12-20)26-21(27)14-30-23(26)16-3-2-4-18(13-16)25-22(28)15-5-7-17(24)8-6-15/h2-13,23H,14H2,1H3,(H,25,28)/t23-/m0/s1. The van der Waals surface area contributed by atoms with Crippen LogP contribution in [-0.2, 0) is 4.79 Å². The van der Waals surface area contributed by atoms with Crippen molar-refractivity contribution < 1.29 is 14.3 Å². The van der Waals surface area contributed by atoms with Gasteiger partial charge in [-0.2, -0.15) is 0 Å². The number of thioether (sulfide) groups is 1. The molecule has 0 radical (unpaired) electrons. The number of carbonyl (C=O) groups is 2. The van der Waals surface area contributed by atoms with E-state index in [1.165, 1.54) is 0 Å². The van der Waals surface area contributed by atoms with Gasteiger partial charge in [-0.3, -0.25) is 14.5 Å². The zero-order chi connectivity index (χ0) is 21.1. The maximum absolute atomic E-state index is 12.6. The van der Waals surface area contributed by atoms with Crippen LogP contribution in [0.1, 0.15) is 21.3 Å². The van der Waals surface area contributed by atoms with E-state index in [2.05, 4.69) is 21.2 Å². The average Bonchev–Trinajstić information content (AvgIpc) is 3.16. The summed E-state index contributed by atoms with van der Waals surface area (Å²) in [4.78, 5) is 26.9. The lowest BCUT2D eigenvalue weighted by molar-refractivity contribution is -0.115. The highest BCUT2D eigenvalue weighted by Crippen LogP contribution is 2.42. The van der Waals surface area contributed by atoms with Gasteiger partial charge in [-0.15, -0.1) is 11.8 Å². The van der Waals surface area contributed by atoms with Crippen LogP contribution in [-0.4, -0.2) is 24.7 Å². The second-order valence-corrected chi connectivity index (χ2v) is 8.70. The van der Waals surface area contributed by atoms with Crippen molar-refractivity contribution in [3.05, 3.63) is 88.4 Å². The van der Waals surface area contributed by atoms with Crippen LogP contribution < -0.4 is 15.0 Å². The molecule has 5 nitrogen and oxygen atoms in total. The van der Waals surface area contributed by atoms with Crippen molar-refractivity contribution in [3.63, 3.8) is 0 Å². The van der Waals surface area contributed by atoms with Crippen LogP contribution in [0.15, 0.2) is 77.3 Å². The summed E-state index contributed by atoms with van der Waals surface area (Å²) in [6.07, 6.45) is 0. The van der Waals surface area contributed by atoms with E-state index in [1.807, 2.05) is 60.7 Å². The van der Waals surface area contributed by atoms with Gasteiger partial charge in [0.2, 0.25) is 5.91 Å². The Bertz CT molecular complexity index is 1070. The number of nitrogens with one attached hydrogen (secondary N) is 1. The Hall–Kier alpha value is -2.77. The maximum atomic E-state index is 12.6. The van der Waals surface area contributed by atoms with Gasteiger partial charge in [0.1, 0.15) is 11.1 Å². The molecule has 1 heterocycles. The van der Waals surface area contributed by atoms with Gasteiger partial charge < -0.3 is 10.1 Å². The molecule has 1 atom stereocenters. The Labute approximate surface area is 187 Å². The average molecular weight is 483 g/mol. The number of amides is 2. The summed E-state index contributed by atoms with van der Waals surface area (Å²) >= 11 is 4.94. The van der Waals surface area contributed by atoms with E-state index in [0.717, 1.165) is 21.5 Å². The largest absolute Gasteiger partial charge is 0.497 e.